The van der Waals surface area contributed by atoms with Crippen LogP contribution in [0.4, 0.5) is 13.2 Å². The SMILES string of the molecule is Cn1nc(C(=O)NC2CCCOc3c(F)cccc32)cc1C(F)F. The van der Waals surface area contributed by atoms with Gasteiger partial charge in [0.1, 0.15) is 5.69 Å². The van der Waals surface area contributed by atoms with Gasteiger partial charge in [0.25, 0.3) is 12.3 Å². The van der Waals surface area contributed by atoms with E-state index in [-0.39, 0.29) is 17.1 Å². The Balaban J connectivity index is 1.85. The molecule has 24 heavy (non-hydrogen) atoms. The lowest BCUT2D eigenvalue weighted by Gasteiger charge is -2.18. The van der Waals surface area contributed by atoms with Gasteiger partial charge in [0.2, 0.25) is 0 Å². The molecule has 1 unspecified atom stereocenters. The molecule has 1 N–H and O–H groups in total. The van der Waals surface area contributed by atoms with Crippen molar-refractivity contribution in [2.24, 2.45) is 7.05 Å². The number of hydrogen-bond acceptors (Lipinski definition) is 3. The van der Waals surface area contributed by atoms with Crippen LogP contribution in [0.15, 0.2) is 24.3 Å². The summed E-state index contributed by atoms with van der Waals surface area (Å²) in [6.07, 6.45) is -1.54. The van der Waals surface area contributed by atoms with E-state index in [2.05, 4.69) is 10.4 Å². The highest BCUT2D eigenvalue weighted by Gasteiger charge is 2.26. The number of para-hydroxylation sites is 1. The Morgan fingerprint density at radius 1 is 1.46 bits per heavy atom. The summed E-state index contributed by atoms with van der Waals surface area (Å²) >= 11 is 0. The van der Waals surface area contributed by atoms with Crippen molar-refractivity contribution in [2.45, 2.75) is 25.3 Å². The zero-order valence-electron chi connectivity index (χ0n) is 12.9. The van der Waals surface area contributed by atoms with E-state index in [4.69, 9.17) is 4.74 Å². The zero-order valence-corrected chi connectivity index (χ0v) is 12.9. The van der Waals surface area contributed by atoms with Crippen molar-refractivity contribution in [2.75, 3.05) is 6.61 Å². The van der Waals surface area contributed by atoms with Crippen LogP contribution >= 0.6 is 0 Å². The standard InChI is InChI=1S/C16H16F3N3O2/c1-22-13(15(18)19)8-12(21-22)16(23)20-11-6-3-7-24-14-9(11)4-2-5-10(14)17/h2,4-5,8,11,15H,3,6-7H2,1H3,(H,20,23). The molecule has 3 rings (SSSR count). The quantitative estimate of drug-likeness (QED) is 0.935. The number of benzene rings is 1. The Kier molecular flexibility index (Phi) is 4.46. The van der Waals surface area contributed by atoms with E-state index >= 15 is 0 Å². The molecule has 0 fully saturated rings. The van der Waals surface area contributed by atoms with Crippen LogP contribution in [-0.2, 0) is 7.05 Å². The Morgan fingerprint density at radius 2 is 2.25 bits per heavy atom. The molecule has 1 aliphatic rings. The van der Waals surface area contributed by atoms with Crippen LogP contribution in [0.1, 0.15) is 47.1 Å². The number of aromatic nitrogens is 2. The van der Waals surface area contributed by atoms with Crippen LogP contribution in [0.25, 0.3) is 0 Å². The third kappa shape index (κ3) is 3.08. The molecule has 0 radical (unpaired) electrons. The molecular formula is C16H16F3N3O2. The van der Waals surface area contributed by atoms with Gasteiger partial charge in [0.15, 0.2) is 17.3 Å². The van der Waals surface area contributed by atoms with E-state index in [1.807, 2.05) is 0 Å². The van der Waals surface area contributed by atoms with E-state index in [0.717, 1.165) is 10.7 Å². The average Bonchev–Trinajstić information content (AvgIpc) is 2.81. The number of aryl methyl sites for hydroxylation is 1. The second-order valence-electron chi connectivity index (χ2n) is 5.55. The fourth-order valence-electron chi connectivity index (χ4n) is 2.75. The van der Waals surface area contributed by atoms with E-state index in [9.17, 15) is 18.0 Å². The fraction of sp³-hybridized carbons (Fsp3) is 0.375. The van der Waals surface area contributed by atoms with Gasteiger partial charge in [-0.25, -0.2) is 13.2 Å². The first-order valence-electron chi connectivity index (χ1n) is 7.51. The van der Waals surface area contributed by atoms with Gasteiger partial charge in [0, 0.05) is 12.6 Å². The van der Waals surface area contributed by atoms with Gasteiger partial charge in [0.05, 0.1) is 12.6 Å². The number of fused-ring (bicyclic) bond motifs is 1. The molecule has 128 valence electrons. The van der Waals surface area contributed by atoms with Gasteiger partial charge in [-0.3, -0.25) is 9.48 Å². The molecule has 2 aromatic rings. The first kappa shape index (κ1) is 16.4. The van der Waals surface area contributed by atoms with Gasteiger partial charge in [-0.1, -0.05) is 12.1 Å². The van der Waals surface area contributed by atoms with Crippen molar-refractivity contribution < 1.29 is 22.7 Å². The van der Waals surface area contributed by atoms with Crippen LogP contribution in [-0.4, -0.2) is 22.3 Å². The van der Waals surface area contributed by atoms with E-state index in [1.54, 1.807) is 6.07 Å². The number of nitrogens with one attached hydrogen (secondary N) is 1. The highest BCUT2D eigenvalue weighted by Crippen LogP contribution is 2.33. The van der Waals surface area contributed by atoms with Crippen LogP contribution in [0.2, 0.25) is 0 Å². The molecule has 2 heterocycles. The number of nitrogens with zero attached hydrogens (tertiary/aromatic N) is 2. The largest absolute Gasteiger partial charge is 0.490 e. The molecule has 1 atom stereocenters. The van der Waals surface area contributed by atoms with Crippen LogP contribution in [0, 0.1) is 5.82 Å². The minimum atomic E-state index is -2.72. The maximum Gasteiger partial charge on any atom is 0.280 e. The van der Waals surface area contributed by atoms with Gasteiger partial charge >= 0.3 is 0 Å². The number of halogens is 3. The molecule has 0 spiro atoms. The van der Waals surface area contributed by atoms with Gasteiger partial charge in [-0.15, -0.1) is 0 Å². The second kappa shape index (κ2) is 6.54. The number of carbonyl (C=O) groups excluding carboxylic acids is 1. The highest BCUT2D eigenvalue weighted by molar-refractivity contribution is 5.92. The third-order valence-electron chi connectivity index (χ3n) is 3.93. The lowest BCUT2D eigenvalue weighted by atomic mass is 10.0. The predicted molar refractivity (Wildman–Crippen MR) is 79.5 cm³/mol. The molecule has 5 nitrogen and oxygen atoms in total. The summed E-state index contributed by atoms with van der Waals surface area (Å²) in [4.78, 5) is 12.3. The van der Waals surface area contributed by atoms with E-state index in [0.29, 0.717) is 25.0 Å². The number of carbonyl (C=O) groups is 1. The second-order valence-corrected chi connectivity index (χ2v) is 5.55. The minimum Gasteiger partial charge on any atom is -0.490 e. The summed E-state index contributed by atoms with van der Waals surface area (Å²) in [7, 11) is 1.35. The molecule has 1 amide bonds. The van der Waals surface area contributed by atoms with Gasteiger partial charge in [-0.05, 0) is 25.0 Å². The fourth-order valence-corrected chi connectivity index (χ4v) is 2.75. The molecule has 1 aliphatic heterocycles. The summed E-state index contributed by atoms with van der Waals surface area (Å²) in [5.41, 5.74) is 0.0950. The maximum absolute atomic E-state index is 13.9. The number of hydrogen-bond donors (Lipinski definition) is 1. The van der Waals surface area contributed by atoms with Crippen molar-refractivity contribution in [1.29, 1.82) is 0 Å². The number of ether oxygens (including phenoxy) is 1. The summed E-state index contributed by atoms with van der Waals surface area (Å²) in [6, 6.07) is 5.09. The van der Waals surface area contributed by atoms with Crippen molar-refractivity contribution in [3.63, 3.8) is 0 Å². The van der Waals surface area contributed by atoms with Crippen molar-refractivity contribution >= 4 is 5.91 Å². The summed E-state index contributed by atoms with van der Waals surface area (Å²) in [6.45, 7) is 0.347. The van der Waals surface area contributed by atoms with Crippen molar-refractivity contribution in [3.8, 4) is 5.75 Å². The lowest BCUT2D eigenvalue weighted by Crippen LogP contribution is -2.28. The smallest absolute Gasteiger partial charge is 0.280 e. The van der Waals surface area contributed by atoms with Crippen LogP contribution in [0.3, 0.4) is 0 Å². The number of amides is 1. The topological polar surface area (TPSA) is 56.2 Å². The first-order valence-corrected chi connectivity index (χ1v) is 7.51. The molecule has 0 saturated carbocycles. The van der Waals surface area contributed by atoms with Crippen LogP contribution < -0.4 is 10.1 Å². The predicted octanol–water partition coefficient (Wildman–Crippen LogP) is 3.14. The normalized spacial score (nSPS) is 17.1. The summed E-state index contributed by atoms with van der Waals surface area (Å²) in [5.74, 6) is -0.958. The molecule has 1 aromatic heterocycles. The molecular weight excluding hydrogens is 323 g/mol. The minimum absolute atomic E-state index is 0.101. The maximum atomic E-state index is 13.9. The Morgan fingerprint density at radius 3 is 2.96 bits per heavy atom. The molecule has 8 heteroatoms. The van der Waals surface area contributed by atoms with Gasteiger partial charge in [-0.2, -0.15) is 5.10 Å². The third-order valence-corrected chi connectivity index (χ3v) is 3.93. The summed E-state index contributed by atoms with van der Waals surface area (Å²) in [5, 5.41) is 6.55. The Bertz CT molecular complexity index is 761. The van der Waals surface area contributed by atoms with Crippen molar-refractivity contribution in [1.82, 2.24) is 15.1 Å². The average molecular weight is 339 g/mol. The Hall–Kier alpha value is -2.51. The number of alkyl halides is 2. The van der Waals surface area contributed by atoms with Crippen molar-refractivity contribution in [3.05, 3.63) is 47.0 Å². The van der Waals surface area contributed by atoms with E-state index in [1.165, 1.54) is 19.2 Å². The molecule has 0 saturated heterocycles. The van der Waals surface area contributed by atoms with E-state index < -0.39 is 24.2 Å². The lowest BCUT2D eigenvalue weighted by molar-refractivity contribution is 0.0929. The monoisotopic (exact) mass is 339 g/mol. The molecule has 1 aromatic carbocycles. The Labute approximate surface area is 136 Å². The first-order chi connectivity index (χ1) is 11.5. The summed E-state index contributed by atoms with van der Waals surface area (Å²) < 4.78 is 45.9. The molecule has 0 bridgehead atoms. The van der Waals surface area contributed by atoms with Gasteiger partial charge < -0.3 is 10.1 Å². The highest BCUT2D eigenvalue weighted by atomic mass is 19.3. The number of rotatable bonds is 3. The zero-order chi connectivity index (χ0) is 17.3. The van der Waals surface area contributed by atoms with Crippen LogP contribution in [0.5, 0.6) is 5.75 Å². The molecule has 0 aliphatic carbocycles.